The molecule has 172 valence electrons. The number of halogens is 3. The Labute approximate surface area is 180 Å². The molecule has 0 aliphatic carbocycles. The molecule has 6 nitrogen and oxygen atoms in total. The van der Waals surface area contributed by atoms with Crippen molar-refractivity contribution in [2.45, 2.75) is 37.9 Å². The van der Waals surface area contributed by atoms with E-state index in [-0.39, 0.29) is 18.4 Å². The largest absolute Gasteiger partial charge is 0.411 e. The number of rotatable bonds is 8. The fraction of sp³-hybridized carbons (Fsp3) is 0.636. The Morgan fingerprint density at radius 2 is 1.74 bits per heavy atom. The van der Waals surface area contributed by atoms with Crippen LogP contribution in [0.3, 0.4) is 0 Å². The van der Waals surface area contributed by atoms with Crippen LogP contribution in [-0.2, 0) is 20.7 Å². The van der Waals surface area contributed by atoms with E-state index in [1.807, 2.05) is 35.2 Å². The fourth-order valence-corrected chi connectivity index (χ4v) is 4.17. The summed E-state index contributed by atoms with van der Waals surface area (Å²) in [6, 6.07) is 9.15. The second kappa shape index (κ2) is 10.9. The summed E-state index contributed by atoms with van der Waals surface area (Å²) in [5.74, 6) is -0.00776. The van der Waals surface area contributed by atoms with E-state index in [4.69, 9.17) is 0 Å². The monoisotopic (exact) mass is 441 g/mol. The predicted octanol–water partition coefficient (Wildman–Crippen LogP) is 2.33. The second-order valence-electron chi connectivity index (χ2n) is 8.10. The molecule has 1 unspecified atom stereocenters. The van der Waals surface area contributed by atoms with E-state index in [2.05, 4.69) is 9.64 Å². The summed E-state index contributed by atoms with van der Waals surface area (Å²) in [7, 11) is 0. The predicted molar refractivity (Wildman–Crippen MR) is 109 cm³/mol. The van der Waals surface area contributed by atoms with Gasteiger partial charge >= 0.3 is 6.18 Å². The molecule has 2 fully saturated rings. The Balaban J connectivity index is 1.40. The number of nitrogens with zero attached hydrogens (tertiary/aromatic N) is 3. The lowest BCUT2D eigenvalue weighted by atomic mass is 10.1. The zero-order chi connectivity index (χ0) is 22.3. The number of piperazine rings is 1. The van der Waals surface area contributed by atoms with Crippen LogP contribution < -0.4 is 0 Å². The zero-order valence-corrected chi connectivity index (χ0v) is 17.6. The highest BCUT2D eigenvalue weighted by Crippen LogP contribution is 2.22. The molecule has 0 saturated carbocycles. The standard InChI is InChI=1S/C22H30F3N3O3/c23-22(24,25)17-31-15-5-9-26-11-13-27(14-12-26)21(30)19-8-4-10-28(19)20(29)16-18-6-2-1-3-7-18/h1-3,6-7,19H,4-5,8-17H2. The summed E-state index contributed by atoms with van der Waals surface area (Å²) in [5, 5.41) is 0. The first-order chi connectivity index (χ1) is 14.8. The van der Waals surface area contributed by atoms with E-state index in [1.54, 1.807) is 4.90 Å². The number of benzene rings is 1. The third-order valence-electron chi connectivity index (χ3n) is 5.77. The van der Waals surface area contributed by atoms with Gasteiger partial charge in [0.1, 0.15) is 12.6 Å². The van der Waals surface area contributed by atoms with Crippen LogP contribution in [0.15, 0.2) is 30.3 Å². The molecule has 2 amide bonds. The molecule has 2 saturated heterocycles. The SMILES string of the molecule is O=C(C1CCCN1C(=O)Cc1ccccc1)N1CCN(CCCOCC(F)(F)F)CC1. The minimum atomic E-state index is -4.29. The fourth-order valence-electron chi connectivity index (χ4n) is 4.17. The molecule has 1 aromatic carbocycles. The van der Waals surface area contributed by atoms with Gasteiger partial charge in [0.25, 0.3) is 0 Å². The Bertz CT molecular complexity index is 722. The van der Waals surface area contributed by atoms with Crippen LogP contribution >= 0.6 is 0 Å². The molecular weight excluding hydrogens is 411 g/mol. The van der Waals surface area contributed by atoms with Crippen LogP contribution in [-0.4, -0.2) is 91.2 Å². The number of likely N-dealkylation sites (tertiary alicyclic amines) is 1. The lowest BCUT2D eigenvalue weighted by molar-refractivity contribution is -0.174. The van der Waals surface area contributed by atoms with E-state index in [1.165, 1.54) is 0 Å². The molecule has 0 bridgehead atoms. The molecule has 9 heteroatoms. The van der Waals surface area contributed by atoms with Gasteiger partial charge in [0.05, 0.1) is 6.42 Å². The van der Waals surface area contributed by atoms with Crippen LogP contribution in [0.4, 0.5) is 13.2 Å². The topological polar surface area (TPSA) is 53.1 Å². The van der Waals surface area contributed by atoms with Gasteiger partial charge in [0.2, 0.25) is 11.8 Å². The highest BCUT2D eigenvalue weighted by atomic mass is 19.4. The van der Waals surface area contributed by atoms with Crippen molar-refractivity contribution in [2.75, 3.05) is 52.5 Å². The average molecular weight is 441 g/mol. The van der Waals surface area contributed by atoms with Crippen molar-refractivity contribution >= 4 is 11.8 Å². The van der Waals surface area contributed by atoms with Crippen molar-refractivity contribution < 1.29 is 27.5 Å². The summed E-state index contributed by atoms with van der Waals surface area (Å²) in [6.07, 6.45) is -1.95. The molecule has 0 radical (unpaired) electrons. The quantitative estimate of drug-likeness (QED) is 0.581. The van der Waals surface area contributed by atoms with Gasteiger partial charge in [-0.15, -0.1) is 0 Å². The van der Waals surface area contributed by atoms with Gasteiger partial charge in [0, 0.05) is 45.9 Å². The van der Waals surface area contributed by atoms with Gasteiger partial charge < -0.3 is 14.5 Å². The molecule has 0 N–H and O–H groups in total. The van der Waals surface area contributed by atoms with Gasteiger partial charge in [-0.25, -0.2) is 0 Å². The molecule has 2 heterocycles. The lowest BCUT2D eigenvalue weighted by Gasteiger charge is -2.37. The van der Waals surface area contributed by atoms with Gasteiger partial charge in [0.15, 0.2) is 0 Å². The molecular formula is C22H30F3N3O3. The normalized spacial score (nSPS) is 20.3. The molecule has 0 aromatic heterocycles. The summed E-state index contributed by atoms with van der Waals surface area (Å²) in [6.45, 7) is 2.60. The van der Waals surface area contributed by atoms with Crippen LogP contribution in [0.5, 0.6) is 0 Å². The van der Waals surface area contributed by atoms with Gasteiger partial charge in [-0.2, -0.15) is 13.2 Å². The maximum Gasteiger partial charge on any atom is 0.411 e. The van der Waals surface area contributed by atoms with Gasteiger partial charge in [-0.1, -0.05) is 30.3 Å². The Morgan fingerprint density at radius 1 is 1.03 bits per heavy atom. The Hall–Kier alpha value is -2.13. The van der Waals surface area contributed by atoms with Crippen molar-refractivity contribution in [3.8, 4) is 0 Å². The van der Waals surface area contributed by atoms with E-state index in [0.29, 0.717) is 58.5 Å². The minimum absolute atomic E-state index is 0.00655. The number of alkyl halides is 3. The summed E-state index contributed by atoms with van der Waals surface area (Å²) in [5.41, 5.74) is 0.943. The first-order valence-corrected chi connectivity index (χ1v) is 10.8. The number of hydrogen-bond donors (Lipinski definition) is 0. The summed E-state index contributed by atoms with van der Waals surface area (Å²) in [4.78, 5) is 31.5. The molecule has 2 aliphatic rings. The first-order valence-electron chi connectivity index (χ1n) is 10.8. The lowest BCUT2D eigenvalue weighted by Crippen LogP contribution is -2.54. The molecule has 0 spiro atoms. The van der Waals surface area contributed by atoms with Crippen LogP contribution in [0, 0.1) is 0 Å². The third-order valence-corrected chi connectivity index (χ3v) is 5.77. The highest BCUT2D eigenvalue weighted by molar-refractivity contribution is 5.89. The Morgan fingerprint density at radius 3 is 2.42 bits per heavy atom. The van der Waals surface area contributed by atoms with Gasteiger partial charge in [-0.05, 0) is 24.8 Å². The van der Waals surface area contributed by atoms with Crippen LogP contribution in [0.2, 0.25) is 0 Å². The van der Waals surface area contributed by atoms with Crippen molar-refractivity contribution in [2.24, 2.45) is 0 Å². The van der Waals surface area contributed by atoms with E-state index < -0.39 is 18.8 Å². The maximum absolute atomic E-state index is 13.1. The van der Waals surface area contributed by atoms with E-state index in [9.17, 15) is 22.8 Å². The van der Waals surface area contributed by atoms with Crippen LogP contribution in [0.25, 0.3) is 0 Å². The maximum atomic E-state index is 13.1. The number of carbonyl (C=O) groups excluding carboxylic acids is 2. The number of ether oxygens (including phenoxy) is 1. The summed E-state index contributed by atoms with van der Waals surface area (Å²) < 4.78 is 40.9. The smallest absolute Gasteiger partial charge is 0.372 e. The third kappa shape index (κ3) is 7.21. The molecule has 1 atom stereocenters. The van der Waals surface area contributed by atoms with Gasteiger partial charge in [-0.3, -0.25) is 14.5 Å². The highest BCUT2D eigenvalue weighted by Gasteiger charge is 2.37. The average Bonchev–Trinajstić information content (AvgIpc) is 3.23. The molecule has 3 rings (SSSR count). The van der Waals surface area contributed by atoms with Crippen molar-refractivity contribution in [3.05, 3.63) is 35.9 Å². The van der Waals surface area contributed by atoms with Crippen LogP contribution in [0.1, 0.15) is 24.8 Å². The number of carbonyl (C=O) groups is 2. The second-order valence-corrected chi connectivity index (χ2v) is 8.10. The van der Waals surface area contributed by atoms with Crippen molar-refractivity contribution in [1.29, 1.82) is 0 Å². The Kier molecular flexibility index (Phi) is 8.31. The zero-order valence-electron chi connectivity index (χ0n) is 17.6. The van der Waals surface area contributed by atoms with Crippen molar-refractivity contribution in [3.63, 3.8) is 0 Å². The van der Waals surface area contributed by atoms with E-state index >= 15 is 0 Å². The first kappa shape index (κ1) is 23.5. The molecule has 1 aromatic rings. The summed E-state index contributed by atoms with van der Waals surface area (Å²) >= 11 is 0. The number of hydrogen-bond acceptors (Lipinski definition) is 4. The number of amides is 2. The van der Waals surface area contributed by atoms with Crippen molar-refractivity contribution in [1.82, 2.24) is 14.7 Å². The molecule has 31 heavy (non-hydrogen) atoms. The molecule has 2 aliphatic heterocycles. The van der Waals surface area contributed by atoms with E-state index in [0.717, 1.165) is 12.0 Å². The minimum Gasteiger partial charge on any atom is -0.372 e.